The fraction of sp³-hybridized carbons (Fsp3) is 0.400. The molecule has 0 bridgehead atoms. The van der Waals surface area contributed by atoms with E-state index in [1.165, 1.54) is 27.7 Å². The highest BCUT2D eigenvalue weighted by atomic mass is 35.5. The lowest BCUT2D eigenvalue weighted by Gasteiger charge is -2.13. The Balaban J connectivity index is 0.000000434. The van der Waals surface area contributed by atoms with E-state index in [1.54, 1.807) is 13.8 Å². The van der Waals surface area contributed by atoms with Crippen LogP contribution < -0.4 is 11.5 Å². The van der Waals surface area contributed by atoms with E-state index in [1.807, 2.05) is 0 Å². The molecule has 0 aliphatic carbocycles. The molecule has 0 heterocycles. The third kappa shape index (κ3) is 8.55. The Labute approximate surface area is 253 Å². The summed E-state index contributed by atoms with van der Waals surface area (Å²) < 4.78 is 49.5. The molecule has 0 spiro atoms. The van der Waals surface area contributed by atoms with Crippen molar-refractivity contribution in [1.82, 2.24) is 0 Å². The van der Waals surface area contributed by atoms with Gasteiger partial charge in [0, 0.05) is 17.7 Å². The van der Waals surface area contributed by atoms with Gasteiger partial charge in [0.05, 0.1) is 25.9 Å². The smallest absolute Gasteiger partial charge is 0.288 e. The molecule has 0 aliphatic rings. The van der Waals surface area contributed by atoms with Crippen molar-refractivity contribution in [3.63, 3.8) is 0 Å². The molecule has 2 rings (SSSR count). The Bertz CT molecular complexity index is 1700. The molecule has 0 fully saturated rings. The second kappa shape index (κ2) is 14.5. The van der Waals surface area contributed by atoms with Gasteiger partial charge in [0.1, 0.15) is 9.79 Å². The van der Waals surface area contributed by atoms with Gasteiger partial charge in [-0.1, -0.05) is 13.8 Å². The number of hydrogen-bond acceptors (Lipinski definition) is 10. The molecule has 2 unspecified atom stereocenters. The van der Waals surface area contributed by atoms with E-state index in [0.29, 0.717) is 12.8 Å². The SMILES string of the molecule is CCC(C)S(=O)(=O)c1cc(C)c(C(=O)Cl)cc1[N+](=O)[O-].CCC(C)S(=O)(=O)c1cc(C)c(C(=O)N=C(N)N)cc1[N+](=O)[O-]. The molecule has 15 nitrogen and oxygen atoms in total. The summed E-state index contributed by atoms with van der Waals surface area (Å²) in [6, 6.07) is 4.05. The number of carbonyl (C=O) groups is 2. The molecule has 0 radical (unpaired) electrons. The average Bonchev–Trinajstić information content (AvgIpc) is 2.90. The normalized spacial score (nSPS) is 12.7. The topological polar surface area (TPSA) is 253 Å². The van der Waals surface area contributed by atoms with Crippen LogP contribution in [0, 0.1) is 34.1 Å². The minimum absolute atomic E-state index is 0.0681. The average molecular weight is 662 g/mol. The molecule has 1 amide bonds. The first-order valence-electron chi connectivity index (χ1n) is 12.5. The van der Waals surface area contributed by atoms with Gasteiger partial charge in [-0.25, -0.2) is 16.8 Å². The number of sulfone groups is 2. The number of aryl methyl sites for hydroxylation is 2. The van der Waals surface area contributed by atoms with Crippen molar-refractivity contribution in [2.75, 3.05) is 0 Å². The molecule has 0 saturated heterocycles. The standard InChI is InChI=1S/C13H18N4O5S.C12H14ClNO5S/c1-4-8(3)23(21,22)11-5-7(2)9(6-10(11)17(19)20)12(18)16-13(14)15;1-4-8(3)20(18,19)11-5-7(2)9(12(13)15)6-10(11)14(16)17/h5-6,8H,4H2,1-3H3,(H4,14,15,16,18);5-6,8H,4H2,1-3H3. The van der Waals surface area contributed by atoms with Gasteiger partial charge in [0.25, 0.3) is 22.5 Å². The highest BCUT2D eigenvalue weighted by Gasteiger charge is 2.33. The van der Waals surface area contributed by atoms with Crippen LogP contribution in [0.3, 0.4) is 0 Å². The first kappa shape index (κ1) is 37.1. The summed E-state index contributed by atoms with van der Waals surface area (Å²) >= 11 is 5.33. The number of benzene rings is 2. The maximum absolute atomic E-state index is 12.4. The maximum atomic E-state index is 12.4. The maximum Gasteiger partial charge on any atom is 0.288 e. The van der Waals surface area contributed by atoms with E-state index in [4.69, 9.17) is 23.1 Å². The van der Waals surface area contributed by atoms with Crippen LogP contribution in [0.2, 0.25) is 0 Å². The summed E-state index contributed by atoms with van der Waals surface area (Å²) in [7, 11) is -7.72. The van der Waals surface area contributed by atoms with Crippen molar-refractivity contribution in [1.29, 1.82) is 0 Å². The van der Waals surface area contributed by atoms with Crippen LogP contribution in [-0.2, 0) is 19.7 Å². The van der Waals surface area contributed by atoms with Crippen LogP contribution in [0.5, 0.6) is 0 Å². The third-order valence-corrected chi connectivity index (χ3v) is 11.4. The molecule has 4 N–H and O–H groups in total. The van der Waals surface area contributed by atoms with Gasteiger partial charge in [-0.2, -0.15) is 4.99 Å². The monoisotopic (exact) mass is 661 g/mol. The van der Waals surface area contributed by atoms with E-state index in [0.717, 1.165) is 24.3 Å². The Hall–Kier alpha value is -3.96. The molecule has 43 heavy (non-hydrogen) atoms. The summed E-state index contributed by atoms with van der Waals surface area (Å²) in [6.07, 6.45) is 0.627. The van der Waals surface area contributed by atoms with Crippen LogP contribution in [-0.4, -0.2) is 54.3 Å². The Morgan fingerprint density at radius 1 is 0.814 bits per heavy atom. The van der Waals surface area contributed by atoms with Crippen LogP contribution in [0.1, 0.15) is 72.4 Å². The van der Waals surface area contributed by atoms with Crippen molar-refractivity contribution in [3.05, 3.63) is 66.7 Å². The highest BCUT2D eigenvalue weighted by molar-refractivity contribution is 7.92. The lowest BCUT2D eigenvalue weighted by Crippen LogP contribution is -2.24. The molecule has 0 saturated carbocycles. The molecule has 236 valence electrons. The number of nitro groups is 2. The number of nitrogens with two attached hydrogens (primary N) is 2. The van der Waals surface area contributed by atoms with Crippen molar-refractivity contribution < 1.29 is 36.3 Å². The minimum atomic E-state index is -3.89. The number of rotatable bonds is 10. The van der Waals surface area contributed by atoms with E-state index in [9.17, 15) is 46.7 Å². The van der Waals surface area contributed by atoms with E-state index < -0.39 is 73.4 Å². The summed E-state index contributed by atoms with van der Waals surface area (Å²) in [5.74, 6) is -1.37. The van der Waals surface area contributed by atoms with Gasteiger partial charge in [-0.3, -0.25) is 29.8 Å². The third-order valence-electron chi connectivity index (χ3n) is 6.50. The molecule has 2 aromatic carbocycles. The largest absolute Gasteiger partial charge is 0.370 e. The van der Waals surface area contributed by atoms with Gasteiger partial charge in [-0.05, 0) is 75.4 Å². The quantitative estimate of drug-likeness (QED) is 0.121. The van der Waals surface area contributed by atoms with Crippen LogP contribution in [0.25, 0.3) is 0 Å². The Morgan fingerprint density at radius 2 is 1.16 bits per heavy atom. The zero-order valence-electron chi connectivity index (χ0n) is 24.2. The molecule has 0 aliphatic heterocycles. The Kier molecular flexibility index (Phi) is 12.5. The molecular formula is C25H32ClN5O10S2. The minimum Gasteiger partial charge on any atom is -0.370 e. The van der Waals surface area contributed by atoms with Crippen molar-refractivity contribution >= 4 is 59.8 Å². The second-order valence-corrected chi connectivity index (χ2v) is 14.4. The Morgan fingerprint density at radius 3 is 1.47 bits per heavy atom. The summed E-state index contributed by atoms with van der Waals surface area (Å²) in [6.45, 7) is 9.22. The van der Waals surface area contributed by atoms with Gasteiger partial charge >= 0.3 is 0 Å². The number of nitro benzene ring substituents is 2. The fourth-order valence-electron chi connectivity index (χ4n) is 3.57. The lowest BCUT2D eigenvalue weighted by atomic mass is 10.1. The number of aliphatic imine (C=N–C) groups is 1. The number of hydrogen-bond donors (Lipinski definition) is 2. The zero-order chi connectivity index (χ0) is 33.6. The van der Waals surface area contributed by atoms with E-state index >= 15 is 0 Å². The number of carbonyl (C=O) groups excluding carboxylic acids is 2. The predicted molar refractivity (Wildman–Crippen MR) is 160 cm³/mol. The van der Waals surface area contributed by atoms with Gasteiger partial charge in [0.15, 0.2) is 25.6 Å². The fourth-order valence-corrected chi connectivity index (χ4v) is 7.05. The van der Waals surface area contributed by atoms with Crippen molar-refractivity contribution in [3.8, 4) is 0 Å². The van der Waals surface area contributed by atoms with E-state index in [-0.39, 0.29) is 27.1 Å². The molecule has 2 atom stereocenters. The highest BCUT2D eigenvalue weighted by Crippen LogP contribution is 2.32. The first-order chi connectivity index (χ1) is 19.6. The molecule has 2 aromatic rings. The van der Waals surface area contributed by atoms with Gasteiger partial charge in [0.2, 0.25) is 0 Å². The summed E-state index contributed by atoms with van der Waals surface area (Å²) in [5.41, 5.74) is 9.24. The lowest BCUT2D eigenvalue weighted by molar-refractivity contribution is -0.388. The molecule has 0 aromatic heterocycles. The predicted octanol–water partition coefficient (Wildman–Crippen LogP) is 3.74. The van der Waals surface area contributed by atoms with Crippen LogP contribution in [0.4, 0.5) is 11.4 Å². The van der Waals surface area contributed by atoms with Gasteiger partial charge in [-0.15, -0.1) is 0 Å². The number of guanidine groups is 1. The number of amides is 1. The van der Waals surface area contributed by atoms with E-state index in [2.05, 4.69) is 4.99 Å². The van der Waals surface area contributed by atoms with Gasteiger partial charge < -0.3 is 11.5 Å². The zero-order valence-corrected chi connectivity index (χ0v) is 26.5. The number of nitrogens with zero attached hydrogens (tertiary/aromatic N) is 3. The molecular weight excluding hydrogens is 630 g/mol. The number of halogens is 1. The summed E-state index contributed by atoms with van der Waals surface area (Å²) in [5, 5.41) is 19.9. The van der Waals surface area contributed by atoms with Crippen molar-refractivity contribution in [2.45, 2.75) is 74.7 Å². The van der Waals surface area contributed by atoms with Crippen LogP contribution in [0.15, 0.2) is 39.0 Å². The first-order valence-corrected chi connectivity index (χ1v) is 16.0. The van der Waals surface area contributed by atoms with Crippen molar-refractivity contribution in [2.24, 2.45) is 16.5 Å². The molecule has 18 heteroatoms. The van der Waals surface area contributed by atoms with Crippen LogP contribution >= 0.6 is 11.6 Å². The summed E-state index contributed by atoms with van der Waals surface area (Å²) in [4.78, 5) is 46.2. The second-order valence-electron chi connectivity index (χ2n) is 9.43.